The number of benzene rings is 1. The number of carbonyl (C=O) groups is 2. The average molecular weight is 493 g/mol. The second-order valence-corrected chi connectivity index (χ2v) is 11.5. The lowest BCUT2D eigenvalue weighted by Crippen LogP contribution is -2.55. The molecular weight excluding hydrogens is 452 g/mol. The largest absolute Gasteiger partial charge is 0.321 e. The molecule has 1 saturated heterocycles. The van der Waals surface area contributed by atoms with E-state index < -0.39 is 5.91 Å². The SMILES string of the molecule is CC1=CN=C(NC(=O)C(=O)CC2CCC2)N([C@@H]2CC3(CCC(c4ccccc4)(N(C)C)CC3)NN2)C1. The smallest absolute Gasteiger partial charge is 0.294 e. The highest BCUT2D eigenvalue weighted by atomic mass is 16.2. The zero-order valence-corrected chi connectivity index (χ0v) is 21.8. The molecule has 2 aliphatic heterocycles. The number of ketones is 1. The normalized spacial score (nSPS) is 30.7. The second-order valence-electron chi connectivity index (χ2n) is 11.5. The molecule has 2 saturated carbocycles. The van der Waals surface area contributed by atoms with Crippen LogP contribution >= 0.6 is 0 Å². The van der Waals surface area contributed by atoms with Crippen molar-refractivity contribution >= 4 is 17.6 Å². The third kappa shape index (κ3) is 4.86. The number of amides is 1. The van der Waals surface area contributed by atoms with Gasteiger partial charge in [0.15, 0.2) is 0 Å². The van der Waals surface area contributed by atoms with Gasteiger partial charge < -0.3 is 4.90 Å². The van der Waals surface area contributed by atoms with Crippen LogP contribution in [0.2, 0.25) is 0 Å². The fraction of sp³-hybridized carbons (Fsp3) is 0.607. The first-order valence-electron chi connectivity index (χ1n) is 13.4. The lowest BCUT2D eigenvalue weighted by molar-refractivity contribution is -0.138. The molecule has 4 aliphatic rings. The number of hydrogen-bond donors (Lipinski definition) is 3. The molecule has 1 spiro atoms. The summed E-state index contributed by atoms with van der Waals surface area (Å²) in [5.74, 6) is -0.0511. The Morgan fingerprint density at radius 2 is 1.86 bits per heavy atom. The summed E-state index contributed by atoms with van der Waals surface area (Å²) in [5.41, 5.74) is 9.67. The van der Waals surface area contributed by atoms with Gasteiger partial charge in [-0.25, -0.2) is 15.8 Å². The molecule has 3 fully saturated rings. The minimum Gasteiger partial charge on any atom is -0.321 e. The fourth-order valence-corrected chi connectivity index (χ4v) is 6.33. The van der Waals surface area contributed by atoms with E-state index in [9.17, 15) is 9.59 Å². The van der Waals surface area contributed by atoms with Crippen molar-refractivity contribution in [2.45, 2.75) is 82.0 Å². The third-order valence-corrected chi connectivity index (χ3v) is 8.94. The molecule has 0 radical (unpaired) electrons. The molecule has 8 heteroatoms. The van der Waals surface area contributed by atoms with Crippen LogP contribution in [0.4, 0.5) is 0 Å². The van der Waals surface area contributed by atoms with Crippen molar-refractivity contribution < 1.29 is 9.59 Å². The molecule has 3 N–H and O–H groups in total. The van der Waals surface area contributed by atoms with Crippen LogP contribution in [0.25, 0.3) is 0 Å². The Morgan fingerprint density at radius 1 is 1.14 bits per heavy atom. The van der Waals surface area contributed by atoms with E-state index in [0.29, 0.717) is 24.8 Å². The maximum atomic E-state index is 12.7. The number of Topliss-reactive ketones (excluding diaryl/α,β-unsaturated/α-hetero) is 1. The molecule has 1 aromatic rings. The Hall–Kier alpha value is -2.55. The number of carbonyl (C=O) groups excluding carboxylic acids is 2. The van der Waals surface area contributed by atoms with Gasteiger partial charge in [-0.05, 0) is 76.6 Å². The van der Waals surface area contributed by atoms with E-state index in [2.05, 4.69) is 75.4 Å². The highest BCUT2D eigenvalue weighted by Crippen LogP contribution is 2.47. The van der Waals surface area contributed by atoms with E-state index in [4.69, 9.17) is 0 Å². The third-order valence-electron chi connectivity index (χ3n) is 8.94. The standard InChI is InChI=1S/C28H40N6O2/c1-20-18-29-26(30-25(36)23(35)16-21-8-7-9-21)34(19-20)24-17-27(32-31-24)12-14-28(15-13-27,33(2)3)22-10-5-4-6-11-22/h4-6,10-11,18,21,24,31-32H,7-9,12-17,19H2,1-3H3,(H,29,30,36)/t24-,27?,28?/m1/s1. The van der Waals surface area contributed by atoms with Crippen LogP contribution in [0, 0.1) is 5.92 Å². The molecule has 8 nitrogen and oxygen atoms in total. The summed E-state index contributed by atoms with van der Waals surface area (Å²) in [6.07, 6.45) is 10.5. The Bertz CT molecular complexity index is 1040. The Balaban J connectivity index is 1.25. The molecule has 36 heavy (non-hydrogen) atoms. The van der Waals surface area contributed by atoms with Crippen LogP contribution in [0.5, 0.6) is 0 Å². The lowest BCUT2D eigenvalue weighted by Gasteiger charge is -2.49. The minimum absolute atomic E-state index is 0.0107. The van der Waals surface area contributed by atoms with E-state index >= 15 is 0 Å². The predicted molar refractivity (Wildman–Crippen MR) is 141 cm³/mol. The maximum absolute atomic E-state index is 12.7. The molecule has 1 atom stereocenters. The Labute approximate surface area is 214 Å². The first-order valence-corrected chi connectivity index (χ1v) is 13.4. The number of guanidine groups is 1. The Kier molecular flexibility index (Phi) is 7.03. The first kappa shape index (κ1) is 25.1. The van der Waals surface area contributed by atoms with Crippen molar-refractivity contribution in [1.29, 1.82) is 0 Å². The van der Waals surface area contributed by atoms with Gasteiger partial charge in [0.2, 0.25) is 11.7 Å². The summed E-state index contributed by atoms with van der Waals surface area (Å²) in [7, 11) is 4.38. The molecule has 1 aromatic carbocycles. The van der Waals surface area contributed by atoms with Gasteiger partial charge in [-0.15, -0.1) is 0 Å². The van der Waals surface area contributed by atoms with Crippen molar-refractivity contribution in [2.75, 3.05) is 20.6 Å². The maximum Gasteiger partial charge on any atom is 0.294 e. The highest BCUT2D eigenvalue weighted by molar-refractivity contribution is 6.38. The molecule has 0 unspecified atom stereocenters. The van der Waals surface area contributed by atoms with E-state index in [1.807, 2.05) is 6.92 Å². The molecule has 1 amide bonds. The van der Waals surface area contributed by atoms with Gasteiger partial charge >= 0.3 is 0 Å². The Morgan fingerprint density at radius 3 is 2.50 bits per heavy atom. The molecule has 0 bridgehead atoms. The molecule has 2 heterocycles. The number of rotatable bonds is 6. The highest BCUT2D eigenvalue weighted by Gasteiger charge is 2.49. The molecular formula is C28H40N6O2. The molecule has 5 rings (SSSR count). The van der Waals surface area contributed by atoms with Crippen LogP contribution in [0.3, 0.4) is 0 Å². The zero-order chi connectivity index (χ0) is 25.3. The van der Waals surface area contributed by atoms with Crippen molar-refractivity contribution in [3.63, 3.8) is 0 Å². The van der Waals surface area contributed by atoms with E-state index in [1.165, 1.54) is 5.56 Å². The fourth-order valence-electron chi connectivity index (χ4n) is 6.33. The van der Waals surface area contributed by atoms with Gasteiger partial charge in [0, 0.05) is 36.7 Å². The zero-order valence-electron chi connectivity index (χ0n) is 21.8. The number of hydrazine groups is 1. The number of aliphatic imine (C=N–C) groups is 1. The van der Waals surface area contributed by atoms with Crippen molar-refractivity contribution in [2.24, 2.45) is 10.9 Å². The van der Waals surface area contributed by atoms with Crippen molar-refractivity contribution in [3.8, 4) is 0 Å². The van der Waals surface area contributed by atoms with E-state index in [0.717, 1.165) is 56.9 Å². The molecule has 194 valence electrons. The van der Waals surface area contributed by atoms with Gasteiger partial charge in [0.1, 0.15) is 0 Å². The summed E-state index contributed by atoms with van der Waals surface area (Å²) < 4.78 is 0. The lowest BCUT2D eigenvalue weighted by atomic mass is 9.68. The van der Waals surface area contributed by atoms with Crippen molar-refractivity contribution in [1.82, 2.24) is 26.0 Å². The first-order chi connectivity index (χ1) is 17.3. The summed E-state index contributed by atoms with van der Waals surface area (Å²) in [5, 5.41) is 2.83. The monoisotopic (exact) mass is 492 g/mol. The summed E-state index contributed by atoms with van der Waals surface area (Å²) in [6.45, 7) is 2.71. The number of nitrogens with zero attached hydrogens (tertiary/aromatic N) is 3. The second kappa shape index (κ2) is 10.1. The molecule has 0 aromatic heterocycles. The van der Waals surface area contributed by atoms with Crippen LogP contribution in [-0.2, 0) is 15.1 Å². The number of nitrogens with one attached hydrogen (secondary N) is 3. The summed E-state index contributed by atoms with van der Waals surface area (Å²) >= 11 is 0. The minimum atomic E-state index is -0.546. The van der Waals surface area contributed by atoms with Gasteiger partial charge in [-0.3, -0.25) is 19.8 Å². The topological polar surface area (TPSA) is 89.1 Å². The molecule has 2 aliphatic carbocycles. The van der Waals surface area contributed by atoms with Gasteiger partial charge in [0.25, 0.3) is 5.91 Å². The van der Waals surface area contributed by atoms with Gasteiger partial charge in [-0.2, -0.15) is 0 Å². The van der Waals surface area contributed by atoms with Gasteiger partial charge in [0.05, 0.1) is 6.17 Å². The quantitative estimate of drug-likeness (QED) is 0.529. The van der Waals surface area contributed by atoms with E-state index in [-0.39, 0.29) is 23.0 Å². The number of hydrogen-bond acceptors (Lipinski definition) is 7. The average Bonchev–Trinajstić information content (AvgIpc) is 3.26. The van der Waals surface area contributed by atoms with Crippen LogP contribution < -0.4 is 16.2 Å². The van der Waals surface area contributed by atoms with Crippen molar-refractivity contribution in [3.05, 3.63) is 47.7 Å². The summed E-state index contributed by atoms with van der Waals surface area (Å²) in [6, 6.07) is 10.9. The predicted octanol–water partition coefficient (Wildman–Crippen LogP) is 3.03. The van der Waals surface area contributed by atoms with Crippen LogP contribution in [-0.4, -0.2) is 59.8 Å². The summed E-state index contributed by atoms with van der Waals surface area (Å²) in [4.78, 5) is 34.1. The van der Waals surface area contributed by atoms with Gasteiger partial charge in [-0.1, -0.05) is 36.8 Å². The van der Waals surface area contributed by atoms with Crippen LogP contribution in [0.1, 0.15) is 70.3 Å². The van der Waals surface area contributed by atoms with E-state index in [1.54, 1.807) is 6.20 Å². The van der Waals surface area contributed by atoms with Crippen LogP contribution in [0.15, 0.2) is 47.1 Å².